The van der Waals surface area contributed by atoms with Crippen molar-refractivity contribution in [1.29, 1.82) is 0 Å². The number of halogens is 1. The highest BCUT2D eigenvalue weighted by Gasteiger charge is 2.19. The zero-order valence-corrected chi connectivity index (χ0v) is 12.4. The van der Waals surface area contributed by atoms with Gasteiger partial charge in [-0.25, -0.2) is 9.97 Å². The molecule has 1 aromatic heterocycles. The zero-order valence-electron chi connectivity index (χ0n) is 10.8. The molecule has 1 aliphatic rings. The molecule has 98 valence electrons. The number of aryl methyl sites for hydroxylation is 1. The molecule has 0 bridgehead atoms. The van der Waals surface area contributed by atoms with Gasteiger partial charge < -0.3 is 5.32 Å². The third-order valence-electron chi connectivity index (χ3n) is 3.24. The summed E-state index contributed by atoms with van der Waals surface area (Å²) in [4.78, 5) is 9.28. The van der Waals surface area contributed by atoms with E-state index in [0.29, 0.717) is 0 Å². The van der Waals surface area contributed by atoms with E-state index < -0.39 is 0 Å². The lowest BCUT2D eigenvalue weighted by Gasteiger charge is -2.09. The monoisotopic (exact) mass is 291 g/mol. The summed E-state index contributed by atoms with van der Waals surface area (Å²) in [5.41, 5.74) is 4.40. The summed E-state index contributed by atoms with van der Waals surface area (Å²) >= 11 is 8.05. The Morgan fingerprint density at radius 1 is 1.26 bits per heavy atom. The van der Waals surface area contributed by atoms with Gasteiger partial charge in [0.1, 0.15) is 5.82 Å². The summed E-state index contributed by atoms with van der Waals surface area (Å²) in [6.45, 7) is 1.99. The molecule has 3 rings (SSSR count). The lowest BCUT2D eigenvalue weighted by molar-refractivity contribution is 1.07. The predicted octanol–water partition coefficient (Wildman–Crippen LogP) is 3.89. The van der Waals surface area contributed by atoms with Crippen LogP contribution < -0.4 is 5.32 Å². The molecule has 0 saturated carbocycles. The Hall–Kier alpha value is -1.26. The van der Waals surface area contributed by atoms with Crippen molar-refractivity contribution in [3.8, 4) is 11.4 Å². The molecule has 0 unspecified atom stereocenters. The van der Waals surface area contributed by atoms with E-state index in [1.54, 1.807) is 0 Å². The highest BCUT2D eigenvalue weighted by Crippen LogP contribution is 2.34. The number of rotatable bonds is 2. The third kappa shape index (κ3) is 2.30. The Bertz CT molecular complexity index is 643. The fraction of sp³-hybridized carbons (Fsp3) is 0.286. The number of anilines is 1. The van der Waals surface area contributed by atoms with Gasteiger partial charge in [0.15, 0.2) is 5.82 Å². The van der Waals surface area contributed by atoms with Gasteiger partial charge in [0.25, 0.3) is 0 Å². The first-order valence-corrected chi connectivity index (χ1v) is 7.64. The molecule has 3 nitrogen and oxygen atoms in total. The van der Waals surface area contributed by atoms with E-state index >= 15 is 0 Å². The number of thioether (sulfide) groups is 1. The van der Waals surface area contributed by atoms with Gasteiger partial charge in [0, 0.05) is 34.7 Å². The number of nitrogens with zero attached hydrogens (tertiary/aromatic N) is 2. The molecular formula is C14H14ClN3S. The standard InChI is InChI=1S/C14H14ClN3S/c1-8-3-4-9(5-11(8)15)13-17-12-7-19-6-10(12)14(16-2)18-13/h3-5H,6-7H2,1-2H3,(H,16,17,18). The summed E-state index contributed by atoms with van der Waals surface area (Å²) < 4.78 is 0. The van der Waals surface area contributed by atoms with E-state index in [2.05, 4.69) is 15.3 Å². The van der Waals surface area contributed by atoms with Crippen molar-refractivity contribution in [3.05, 3.63) is 40.0 Å². The minimum Gasteiger partial charge on any atom is -0.373 e. The molecule has 0 fully saturated rings. The molecule has 0 spiro atoms. The van der Waals surface area contributed by atoms with Crippen molar-refractivity contribution >= 4 is 29.2 Å². The molecular weight excluding hydrogens is 278 g/mol. The average Bonchev–Trinajstić information content (AvgIpc) is 2.89. The molecule has 0 saturated heterocycles. The molecule has 5 heteroatoms. The zero-order chi connectivity index (χ0) is 13.4. The summed E-state index contributed by atoms with van der Waals surface area (Å²) in [5.74, 6) is 3.62. The maximum Gasteiger partial charge on any atom is 0.161 e. The minimum absolute atomic E-state index is 0.743. The summed E-state index contributed by atoms with van der Waals surface area (Å²) in [6, 6.07) is 5.95. The van der Waals surface area contributed by atoms with Gasteiger partial charge in [-0.1, -0.05) is 23.7 Å². The molecule has 19 heavy (non-hydrogen) atoms. The highest BCUT2D eigenvalue weighted by molar-refractivity contribution is 7.98. The van der Waals surface area contributed by atoms with Crippen molar-refractivity contribution in [3.63, 3.8) is 0 Å². The van der Waals surface area contributed by atoms with Gasteiger partial charge >= 0.3 is 0 Å². The predicted molar refractivity (Wildman–Crippen MR) is 81.8 cm³/mol. The Morgan fingerprint density at radius 3 is 2.84 bits per heavy atom. The molecule has 0 aliphatic carbocycles. The largest absolute Gasteiger partial charge is 0.373 e. The topological polar surface area (TPSA) is 37.8 Å². The van der Waals surface area contributed by atoms with Gasteiger partial charge in [-0.3, -0.25) is 0 Å². The normalized spacial score (nSPS) is 13.4. The number of nitrogens with one attached hydrogen (secondary N) is 1. The first kappa shape index (κ1) is 12.8. The summed E-state index contributed by atoms with van der Waals surface area (Å²) in [5, 5.41) is 3.92. The van der Waals surface area contributed by atoms with E-state index in [4.69, 9.17) is 11.6 Å². The molecule has 0 radical (unpaired) electrons. The maximum atomic E-state index is 6.18. The Kier molecular flexibility index (Phi) is 3.37. The lowest BCUT2D eigenvalue weighted by Crippen LogP contribution is -2.03. The van der Waals surface area contributed by atoms with Crippen LogP contribution in [0, 0.1) is 6.92 Å². The van der Waals surface area contributed by atoms with Crippen LogP contribution in [0.4, 0.5) is 5.82 Å². The SMILES string of the molecule is CNc1nc(-c2ccc(C)c(Cl)c2)nc2c1CSC2. The van der Waals surface area contributed by atoms with Crippen LogP contribution in [0.25, 0.3) is 11.4 Å². The molecule has 0 amide bonds. The Labute approximate surface area is 121 Å². The lowest BCUT2D eigenvalue weighted by atomic mass is 10.1. The number of hydrogen-bond acceptors (Lipinski definition) is 4. The van der Waals surface area contributed by atoms with Crippen LogP contribution in [0.3, 0.4) is 0 Å². The summed E-state index contributed by atoms with van der Waals surface area (Å²) in [7, 11) is 1.90. The van der Waals surface area contributed by atoms with Gasteiger partial charge in [-0.05, 0) is 18.6 Å². The number of aromatic nitrogens is 2. The maximum absolute atomic E-state index is 6.18. The molecule has 1 aliphatic heterocycles. The smallest absolute Gasteiger partial charge is 0.161 e. The van der Waals surface area contributed by atoms with E-state index in [9.17, 15) is 0 Å². The van der Waals surface area contributed by atoms with Crippen LogP contribution in [0.2, 0.25) is 5.02 Å². The van der Waals surface area contributed by atoms with Gasteiger partial charge in [0.05, 0.1) is 5.69 Å². The van der Waals surface area contributed by atoms with Gasteiger partial charge in [-0.2, -0.15) is 11.8 Å². The molecule has 0 atom stereocenters. The quantitative estimate of drug-likeness (QED) is 0.911. The molecule has 2 heterocycles. The van der Waals surface area contributed by atoms with Crippen molar-refractivity contribution in [2.75, 3.05) is 12.4 Å². The van der Waals surface area contributed by atoms with Crippen molar-refractivity contribution in [2.24, 2.45) is 0 Å². The van der Waals surface area contributed by atoms with Crippen LogP contribution in [0.1, 0.15) is 16.8 Å². The number of fused-ring (bicyclic) bond motifs is 1. The Morgan fingerprint density at radius 2 is 2.11 bits per heavy atom. The average molecular weight is 292 g/mol. The molecule has 2 aromatic rings. The molecule has 1 N–H and O–H groups in total. The van der Waals surface area contributed by atoms with Crippen LogP contribution in [-0.4, -0.2) is 17.0 Å². The van der Waals surface area contributed by atoms with Crippen molar-refractivity contribution in [2.45, 2.75) is 18.4 Å². The van der Waals surface area contributed by atoms with E-state index in [-0.39, 0.29) is 0 Å². The van der Waals surface area contributed by atoms with E-state index in [0.717, 1.165) is 45.0 Å². The van der Waals surface area contributed by atoms with Crippen LogP contribution >= 0.6 is 23.4 Å². The fourth-order valence-corrected chi connectivity index (χ4v) is 3.34. The number of benzene rings is 1. The van der Waals surface area contributed by atoms with E-state index in [1.807, 2.05) is 43.9 Å². The second-order valence-electron chi connectivity index (χ2n) is 4.53. The van der Waals surface area contributed by atoms with Gasteiger partial charge in [-0.15, -0.1) is 0 Å². The van der Waals surface area contributed by atoms with Gasteiger partial charge in [0.2, 0.25) is 0 Å². The van der Waals surface area contributed by atoms with E-state index in [1.165, 1.54) is 5.56 Å². The van der Waals surface area contributed by atoms with Crippen LogP contribution in [0.5, 0.6) is 0 Å². The van der Waals surface area contributed by atoms with Crippen LogP contribution in [-0.2, 0) is 11.5 Å². The first-order valence-electron chi connectivity index (χ1n) is 6.11. The highest BCUT2D eigenvalue weighted by atomic mass is 35.5. The third-order valence-corrected chi connectivity index (χ3v) is 4.62. The number of hydrogen-bond donors (Lipinski definition) is 1. The second kappa shape index (κ2) is 5.02. The fourth-order valence-electron chi connectivity index (χ4n) is 2.12. The Balaban J connectivity index is 2.12. The molecule has 1 aromatic carbocycles. The first-order chi connectivity index (χ1) is 9.19. The second-order valence-corrected chi connectivity index (χ2v) is 5.92. The van der Waals surface area contributed by atoms with Crippen molar-refractivity contribution in [1.82, 2.24) is 9.97 Å². The minimum atomic E-state index is 0.743. The van der Waals surface area contributed by atoms with Crippen molar-refractivity contribution < 1.29 is 0 Å². The summed E-state index contributed by atoms with van der Waals surface area (Å²) in [6.07, 6.45) is 0. The van der Waals surface area contributed by atoms with Crippen LogP contribution in [0.15, 0.2) is 18.2 Å².